The molecule has 0 unspecified atom stereocenters. The number of nitrogens with one attached hydrogen (secondary N) is 2. The molecule has 0 radical (unpaired) electrons. The van der Waals surface area contributed by atoms with Gasteiger partial charge in [-0.3, -0.25) is 9.59 Å². The van der Waals surface area contributed by atoms with Crippen LogP contribution in [0.1, 0.15) is 33.1 Å². The highest BCUT2D eigenvalue weighted by Gasteiger charge is 2.27. The zero-order valence-corrected chi connectivity index (χ0v) is 17.5. The molecule has 4 rings (SSSR count). The summed E-state index contributed by atoms with van der Waals surface area (Å²) in [4.78, 5) is 25.1. The lowest BCUT2D eigenvalue weighted by atomic mass is 10.3. The first kappa shape index (κ1) is 20.3. The number of carbonyl (C=O) groups is 2. The van der Waals surface area contributed by atoms with E-state index in [9.17, 15) is 18.0 Å². The third-order valence-corrected chi connectivity index (χ3v) is 7.54. The Balaban J connectivity index is 1.39. The van der Waals surface area contributed by atoms with E-state index >= 15 is 0 Å². The second-order valence-electron chi connectivity index (χ2n) is 6.69. The van der Waals surface area contributed by atoms with E-state index in [4.69, 9.17) is 4.42 Å². The van der Waals surface area contributed by atoms with Gasteiger partial charge in [0.05, 0.1) is 21.0 Å². The first-order valence-electron chi connectivity index (χ1n) is 9.30. The molecule has 3 heterocycles. The van der Waals surface area contributed by atoms with Crippen LogP contribution in [0.15, 0.2) is 64.1 Å². The van der Waals surface area contributed by atoms with Gasteiger partial charge in [0.2, 0.25) is 10.0 Å². The standard InChI is InChI=1S/C20H19N3O5S2/c24-19(16-4-3-13-28-16)22-18-10-9-17(29-18)20(25)21-14-5-7-15(8-6-14)30(26,27)23-11-1-2-12-23/h3-10,13H,1-2,11-12H2,(H,21,25)(H,22,24). The maximum atomic E-state index is 12.6. The summed E-state index contributed by atoms with van der Waals surface area (Å²) in [6.07, 6.45) is 3.15. The minimum absolute atomic E-state index is 0.179. The average molecular weight is 446 g/mol. The van der Waals surface area contributed by atoms with Crippen molar-refractivity contribution in [2.75, 3.05) is 23.7 Å². The van der Waals surface area contributed by atoms with E-state index in [0.717, 1.165) is 24.2 Å². The first-order chi connectivity index (χ1) is 14.4. The molecule has 0 spiro atoms. The molecular formula is C20H19N3O5S2. The van der Waals surface area contributed by atoms with Crippen LogP contribution < -0.4 is 10.6 Å². The highest BCUT2D eigenvalue weighted by atomic mass is 32.2. The van der Waals surface area contributed by atoms with Gasteiger partial charge in [-0.05, 0) is 61.4 Å². The average Bonchev–Trinajstić information content (AvgIpc) is 3.50. The van der Waals surface area contributed by atoms with Crippen LogP contribution in [0.3, 0.4) is 0 Å². The van der Waals surface area contributed by atoms with Crippen molar-refractivity contribution >= 4 is 43.9 Å². The number of anilines is 2. The third kappa shape index (κ3) is 4.30. The van der Waals surface area contributed by atoms with Gasteiger partial charge < -0.3 is 15.1 Å². The van der Waals surface area contributed by atoms with Gasteiger partial charge in [-0.1, -0.05) is 0 Å². The molecule has 0 atom stereocenters. The largest absolute Gasteiger partial charge is 0.459 e. The van der Waals surface area contributed by atoms with E-state index in [1.165, 1.54) is 22.7 Å². The minimum atomic E-state index is -3.49. The summed E-state index contributed by atoms with van der Waals surface area (Å²) in [7, 11) is -3.49. The lowest BCUT2D eigenvalue weighted by molar-refractivity contribution is 0.0995. The lowest BCUT2D eigenvalue weighted by Crippen LogP contribution is -2.27. The molecule has 2 N–H and O–H groups in total. The van der Waals surface area contributed by atoms with Crippen LogP contribution in [0.25, 0.3) is 0 Å². The number of furan rings is 1. The number of sulfonamides is 1. The summed E-state index contributed by atoms with van der Waals surface area (Å²) in [5, 5.41) is 5.91. The van der Waals surface area contributed by atoms with Crippen molar-refractivity contribution in [2.24, 2.45) is 0 Å². The number of thiophene rings is 1. The maximum Gasteiger partial charge on any atom is 0.291 e. The van der Waals surface area contributed by atoms with Gasteiger partial charge in [0, 0.05) is 18.8 Å². The van der Waals surface area contributed by atoms with Crippen LogP contribution >= 0.6 is 11.3 Å². The van der Waals surface area contributed by atoms with Gasteiger partial charge in [-0.25, -0.2) is 8.42 Å². The molecule has 8 nitrogen and oxygen atoms in total. The van der Waals surface area contributed by atoms with Crippen molar-refractivity contribution in [1.82, 2.24) is 4.31 Å². The van der Waals surface area contributed by atoms with E-state index in [-0.39, 0.29) is 16.6 Å². The molecule has 0 bridgehead atoms. The van der Waals surface area contributed by atoms with Crippen molar-refractivity contribution < 1.29 is 22.4 Å². The van der Waals surface area contributed by atoms with Crippen LogP contribution in [0.4, 0.5) is 10.7 Å². The van der Waals surface area contributed by atoms with Crippen LogP contribution in [-0.4, -0.2) is 37.6 Å². The monoisotopic (exact) mass is 445 g/mol. The highest BCUT2D eigenvalue weighted by molar-refractivity contribution is 7.89. The van der Waals surface area contributed by atoms with Crippen molar-refractivity contribution in [2.45, 2.75) is 17.7 Å². The molecule has 0 aliphatic carbocycles. The number of nitrogens with zero attached hydrogens (tertiary/aromatic N) is 1. The Morgan fingerprint density at radius 1 is 0.933 bits per heavy atom. The Labute approximate surface area is 177 Å². The quantitative estimate of drug-likeness (QED) is 0.602. The number of rotatable bonds is 6. The first-order valence-corrected chi connectivity index (χ1v) is 11.6. The molecule has 10 heteroatoms. The highest BCUT2D eigenvalue weighted by Crippen LogP contribution is 2.25. The Morgan fingerprint density at radius 3 is 2.33 bits per heavy atom. The van der Waals surface area contributed by atoms with E-state index in [1.54, 1.807) is 36.4 Å². The van der Waals surface area contributed by atoms with Crippen molar-refractivity contribution in [3.63, 3.8) is 0 Å². The van der Waals surface area contributed by atoms with Crippen molar-refractivity contribution in [3.05, 3.63) is 65.4 Å². The SMILES string of the molecule is O=C(Nc1ccc(C(=O)Nc2ccc(S(=O)(=O)N3CCCC3)cc2)s1)c1ccco1. The van der Waals surface area contributed by atoms with Gasteiger partial charge in [0.25, 0.3) is 11.8 Å². The number of amides is 2. The molecular weight excluding hydrogens is 426 g/mol. The van der Waals surface area contributed by atoms with Crippen molar-refractivity contribution in [1.29, 1.82) is 0 Å². The van der Waals surface area contributed by atoms with Crippen LogP contribution in [0, 0.1) is 0 Å². The number of hydrogen-bond donors (Lipinski definition) is 2. The predicted octanol–water partition coefficient (Wildman–Crippen LogP) is 3.63. The minimum Gasteiger partial charge on any atom is -0.459 e. The number of benzene rings is 1. The van der Waals surface area contributed by atoms with Gasteiger partial charge in [-0.15, -0.1) is 11.3 Å². The summed E-state index contributed by atoms with van der Waals surface area (Å²) in [5.41, 5.74) is 0.481. The molecule has 2 amide bonds. The Bertz CT molecular complexity index is 1150. The Kier molecular flexibility index (Phi) is 5.71. The van der Waals surface area contributed by atoms with Gasteiger partial charge >= 0.3 is 0 Å². The molecule has 30 heavy (non-hydrogen) atoms. The predicted molar refractivity (Wildman–Crippen MR) is 113 cm³/mol. The number of carbonyl (C=O) groups excluding carboxylic acids is 2. The normalized spacial score (nSPS) is 14.5. The summed E-state index contributed by atoms with van der Waals surface area (Å²) < 4.78 is 31.6. The van der Waals surface area contributed by atoms with Crippen LogP contribution in [0.2, 0.25) is 0 Å². The summed E-state index contributed by atoms with van der Waals surface area (Å²) in [6.45, 7) is 1.08. The Morgan fingerprint density at radius 2 is 1.67 bits per heavy atom. The smallest absolute Gasteiger partial charge is 0.291 e. The zero-order chi connectivity index (χ0) is 21.1. The fourth-order valence-corrected chi connectivity index (χ4v) is 5.40. The fraction of sp³-hybridized carbons (Fsp3) is 0.200. The third-order valence-electron chi connectivity index (χ3n) is 4.63. The summed E-state index contributed by atoms with van der Waals surface area (Å²) in [6, 6.07) is 12.5. The van der Waals surface area contributed by atoms with Crippen LogP contribution in [-0.2, 0) is 10.0 Å². The summed E-state index contributed by atoms with van der Waals surface area (Å²) >= 11 is 1.12. The maximum absolute atomic E-state index is 12.6. The van der Waals surface area contributed by atoms with E-state index in [0.29, 0.717) is 28.7 Å². The lowest BCUT2D eigenvalue weighted by Gasteiger charge is -2.15. The molecule has 0 saturated carbocycles. The summed E-state index contributed by atoms with van der Waals surface area (Å²) in [5.74, 6) is -0.573. The van der Waals surface area contributed by atoms with E-state index in [2.05, 4.69) is 10.6 Å². The van der Waals surface area contributed by atoms with E-state index < -0.39 is 15.9 Å². The molecule has 1 saturated heterocycles. The van der Waals surface area contributed by atoms with Crippen LogP contribution in [0.5, 0.6) is 0 Å². The van der Waals surface area contributed by atoms with Gasteiger partial charge in [0.15, 0.2) is 5.76 Å². The molecule has 1 aromatic carbocycles. The molecule has 1 aliphatic heterocycles. The molecule has 3 aromatic rings. The number of hydrogen-bond acceptors (Lipinski definition) is 6. The Hall–Kier alpha value is -2.95. The molecule has 2 aromatic heterocycles. The second kappa shape index (κ2) is 8.42. The fourth-order valence-electron chi connectivity index (χ4n) is 3.09. The van der Waals surface area contributed by atoms with Crippen molar-refractivity contribution in [3.8, 4) is 0 Å². The second-order valence-corrected chi connectivity index (χ2v) is 9.71. The van der Waals surface area contributed by atoms with E-state index in [1.807, 2.05) is 0 Å². The molecule has 1 fully saturated rings. The molecule has 1 aliphatic rings. The zero-order valence-electron chi connectivity index (χ0n) is 15.8. The molecule has 156 valence electrons. The topological polar surface area (TPSA) is 109 Å². The van der Waals surface area contributed by atoms with Gasteiger partial charge in [0.1, 0.15) is 0 Å². The van der Waals surface area contributed by atoms with Gasteiger partial charge in [-0.2, -0.15) is 4.31 Å².